The molecular formula is C41H39Br2N. The van der Waals surface area contributed by atoms with Gasteiger partial charge in [-0.1, -0.05) is 125 Å². The number of aryl methyl sites for hydroxylation is 3. The molecule has 222 valence electrons. The molecular weight excluding hydrogens is 666 g/mol. The van der Waals surface area contributed by atoms with E-state index >= 15 is 0 Å². The van der Waals surface area contributed by atoms with Crippen LogP contribution in [-0.2, 0) is 6.54 Å². The summed E-state index contributed by atoms with van der Waals surface area (Å²) in [5.74, 6) is 12.9. The molecule has 44 heavy (non-hydrogen) atoms. The van der Waals surface area contributed by atoms with Crippen LogP contribution in [0.3, 0.4) is 0 Å². The zero-order chi connectivity index (χ0) is 30.1. The van der Waals surface area contributed by atoms with Crippen LogP contribution in [0, 0.1) is 37.5 Å². The molecule has 0 saturated carbocycles. The van der Waals surface area contributed by atoms with Crippen molar-refractivity contribution in [1.29, 1.82) is 0 Å². The highest BCUT2D eigenvalue weighted by Crippen LogP contribution is 2.20. The van der Waals surface area contributed by atoms with Crippen molar-refractivity contribution < 1.29 is 21.5 Å². The van der Waals surface area contributed by atoms with Crippen LogP contribution >= 0.6 is 15.9 Å². The van der Waals surface area contributed by atoms with Gasteiger partial charge in [0.2, 0.25) is 0 Å². The predicted octanol–water partition coefficient (Wildman–Crippen LogP) is 6.97. The Morgan fingerprint density at radius 2 is 1.00 bits per heavy atom. The summed E-state index contributed by atoms with van der Waals surface area (Å²) in [6.45, 7) is 5.32. The van der Waals surface area contributed by atoms with Gasteiger partial charge in [0.1, 0.15) is 6.54 Å². The normalized spacial score (nSPS) is 9.70. The lowest BCUT2D eigenvalue weighted by Gasteiger charge is -2.01. The van der Waals surface area contributed by atoms with E-state index in [0.29, 0.717) is 0 Å². The van der Waals surface area contributed by atoms with Gasteiger partial charge >= 0.3 is 0 Å². The number of nitrogens with zero attached hydrogens (tertiary/aromatic N) is 1. The maximum atomic E-state index is 3.40. The summed E-state index contributed by atoms with van der Waals surface area (Å²) in [7, 11) is 0. The fourth-order valence-electron chi connectivity index (χ4n) is 4.46. The third-order valence-electron chi connectivity index (χ3n) is 7.10. The maximum absolute atomic E-state index is 3.40. The lowest BCUT2D eigenvalue weighted by molar-refractivity contribution is -0.697. The van der Waals surface area contributed by atoms with Crippen molar-refractivity contribution in [2.24, 2.45) is 0 Å². The Morgan fingerprint density at radius 3 is 1.45 bits per heavy atom. The Morgan fingerprint density at radius 1 is 0.545 bits per heavy atom. The largest absolute Gasteiger partial charge is 1.00 e. The molecule has 0 bridgehead atoms. The minimum Gasteiger partial charge on any atom is -1.00 e. The Balaban J connectivity index is 0.000000247. The number of rotatable bonds is 7. The summed E-state index contributed by atoms with van der Waals surface area (Å²) in [6.07, 6.45) is 8.41. The van der Waals surface area contributed by atoms with Crippen LogP contribution in [0.1, 0.15) is 47.9 Å². The van der Waals surface area contributed by atoms with Gasteiger partial charge in [0.05, 0.1) is 0 Å². The molecule has 0 spiro atoms. The fraction of sp³-hybridized carbons (Fsp3) is 0.195. The molecule has 0 amide bonds. The minimum atomic E-state index is 0. The quantitative estimate of drug-likeness (QED) is 0.0746. The van der Waals surface area contributed by atoms with Gasteiger partial charge in [-0.15, -0.1) is 0 Å². The van der Waals surface area contributed by atoms with E-state index in [-0.39, 0.29) is 17.0 Å². The number of hydrogen-bond acceptors (Lipinski definition) is 0. The third kappa shape index (κ3) is 11.7. The summed E-state index contributed by atoms with van der Waals surface area (Å²) in [4.78, 5) is 0. The van der Waals surface area contributed by atoms with Crippen LogP contribution < -0.4 is 21.5 Å². The SMILES string of the molecule is BrCCCC#Cc1ccc(-c2ccccc2)cc1.Cc1cc[n+](CCCC#Cc2ccc(-c3ccccc3)cc2)cc1C.[Br-]. The molecule has 0 N–H and O–H groups in total. The van der Waals surface area contributed by atoms with Crippen LogP contribution in [0.4, 0.5) is 0 Å². The summed E-state index contributed by atoms with van der Waals surface area (Å²) in [6, 6.07) is 39.9. The molecule has 0 unspecified atom stereocenters. The van der Waals surface area contributed by atoms with Gasteiger partial charge in [-0.05, 0) is 72.4 Å². The number of aromatic nitrogens is 1. The van der Waals surface area contributed by atoms with E-state index in [4.69, 9.17) is 0 Å². The monoisotopic (exact) mass is 703 g/mol. The van der Waals surface area contributed by atoms with Crippen molar-refractivity contribution in [1.82, 2.24) is 0 Å². The molecule has 5 rings (SSSR count). The second kappa shape index (κ2) is 19.4. The van der Waals surface area contributed by atoms with Crippen molar-refractivity contribution in [3.63, 3.8) is 0 Å². The molecule has 0 radical (unpaired) electrons. The highest BCUT2D eigenvalue weighted by atomic mass is 79.9. The van der Waals surface area contributed by atoms with Gasteiger partial charge in [0.25, 0.3) is 0 Å². The fourth-order valence-corrected chi connectivity index (χ4v) is 4.74. The molecule has 1 aromatic heterocycles. The summed E-state index contributed by atoms with van der Waals surface area (Å²) in [5.41, 5.74) is 9.81. The number of pyridine rings is 1. The third-order valence-corrected chi connectivity index (χ3v) is 7.66. The van der Waals surface area contributed by atoms with Gasteiger partial charge in [-0.3, -0.25) is 0 Å². The number of alkyl halides is 1. The summed E-state index contributed by atoms with van der Waals surface area (Å²) < 4.78 is 2.25. The van der Waals surface area contributed by atoms with Crippen molar-refractivity contribution in [3.8, 4) is 45.9 Å². The second-order valence-electron chi connectivity index (χ2n) is 10.4. The van der Waals surface area contributed by atoms with Crippen LogP contribution in [0.2, 0.25) is 0 Å². The number of benzene rings is 4. The molecule has 0 saturated heterocycles. The van der Waals surface area contributed by atoms with Crippen LogP contribution in [-0.4, -0.2) is 5.33 Å². The molecule has 0 aliphatic carbocycles. The Hall–Kier alpha value is -3.89. The first-order chi connectivity index (χ1) is 21.1. The van der Waals surface area contributed by atoms with Crippen molar-refractivity contribution in [2.45, 2.75) is 46.1 Å². The van der Waals surface area contributed by atoms with E-state index in [2.05, 4.69) is 174 Å². The Labute approximate surface area is 283 Å². The van der Waals surface area contributed by atoms with Gasteiger partial charge < -0.3 is 17.0 Å². The number of hydrogen-bond donors (Lipinski definition) is 0. The zero-order valence-corrected chi connectivity index (χ0v) is 28.7. The van der Waals surface area contributed by atoms with E-state index in [9.17, 15) is 0 Å². The average molecular weight is 706 g/mol. The Bertz CT molecular complexity index is 1670. The molecule has 1 nitrogen and oxygen atoms in total. The predicted molar refractivity (Wildman–Crippen MR) is 186 cm³/mol. The van der Waals surface area contributed by atoms with Crippen molar-refractivity contribution in [2.75, 3.05) is 5.33 Å². The van der Waals surface area contributed by atoms with Gasteiger partial charge in [-0.25, -0.2) is 4.57 Å². The van der Waals surface area contributed by atoms with Crippen LogP contribution in [0.25, 0.3) is 22.3 Å². The van der Waals surface area contributed by atoms with Crippen molar-refractivity contribution >= 4 is 15.9 Å². The first kappa shape index (κ1) is 34.6. The van der Waals surface area contributed by atoms with E-state index in [1.54, 1.807) is 0 Å². The highest BCUT2D eigenvalue weighted by Gasteiger charge is 2.02. The number of halogens is 2. The first-order valence-corrected chi connectivity index (χ1v) is 16.1. The van der Waals surface area contributed by atoms with Crippen LogP contribution in [0.15, 0.2) is 128 Å². The Kier molecular flexibility index (Phi) is 15.3. The van der Waals surface area contributed by atoms with E-state index in [1.165, 1.54) is 33.4 Å². The zero-order valence-electron chi connectivity index (χ0n) is 25.6. The first-order valence-electron chi connectivity index (χ1n) is 14.9. The van der Waals surface area contributed by atoms with Gasteiger partial charge in [0.15, 0.2) is 12.4 Å². The molecule has 5 aromatic rings. The topological polar surface area (TPSA) is 3.88 Å². The lowest BCUT2D eigenvalue weighted by atomic mass is 10.0. The van der Waals surface area contributed by atoms with E-state index in [0.717, 1.165) is 48.7 Å². The summed E-state index contributed by atoms with van der Waals surface area (Å²) >= 11 is 3.40. The molecule has 0 aliphatic rings. The van der Waals surface area contributed by atoms with E-state index in [1.807, 2.05) is 12.1 Å². The van der Waals surface area contributed by atoms with Crippen molar-refractivity contribution in [3.05, 3.63) is 150 Å². The molecule has 0 aliphatic heterocycles. The lowest BCUT2D eigenvalue weighted by Crippen LogP contribution is -3.00. The highest BCUT2D eigenvalue weighted by molar-refractivity contribution is 9.09. The maximum Gasteiger partial charge on any atom is 0.171 e. The minimum absolute atomic E-state index is 0. The average Bonchev–Trinajstić information content (AvgIpc) is 3.06. The van der Waals surface area contributed by atoms with Crippen LogP contribution in [0.5, 0.6) is 0 Å². The molecule has 0 fully saturated rings. The van der Waals surface area contributed by atoms with Gasteiger partial charge in [-0.2, -0.15) is 0 Å². The molecule has 0 atom stereocenters. The molecule has 4 aromatic carbocycles. The smallest absolute Gasteiger partial charge is 0.171 e. The molecule has 1 heterocycles. The molecule has 3 heteroatoms. The van der Waals surface area contributed by atoms with Gasteiger partial charge in [0, 0.05) is 47.3 Å². The standard InChI is InChI=1S/C24H24N.C17H15Br.BrH/c1-20-16-18-25(19-21(20)2)17-8-4-5-9-22-12-14-24(15-13-22)23-10-6-3-7-11-23;18-14-6-2-3-7-15-10-12-17(13-11-15)16-8-4-1-5-9-16;/h3,6-7,10-16,18-19H,4,8,17H2,1-2H3;1,4-5,8-13H,2,6,14H2;1H/q+1;;/p-1. The summed E-state index contributed by atoms with van der Waals surface area (Å²) in [5, 5.41) is 1.02. The second-order valence-corrected chi connectivity index (χ2v) is 11.2. The van der Waals surface area contributed by atoms with E-state index < -0.39 is 0 Å². The number of unbranched alkanes of at least 4 members (excludes halogenated alkanes) is 2.